The van der Waals surface area contributed by atoms with Gasteiger partial charge in [-0.2, -0.15) is 5.10 Å². The SMILES string of the molecule is CN1CC[C@](O)(c2ccc(F)c(-c3csc(-c4ccnc(Nc5ccn(C)n5)n4)n3)c2)C1=O. The molecule has 3 aromatic heterocycles. The van der Waals surface area contributed by atoms with E-state index in [1.54, 1.807) is 41.6 Å². The summed E-state index contributed by atoms with van der Waals surface area (Å²) in [6.45, 7) is 0.436. The van der Waals surface area contributed by atoms with E-state index in [9.17, 15) is 14.3 Å². The van der Waals surface area contributed by atoms with Crippen molar-refractivity contribution in [3.05, 3.63) is 59.5 Å². The lowest BCUT2D eigenvalue weighted by molar-refractivity contribution is -0.143. The lowest BCUT2D eigenvalue weighted by atomic mass is 9.90. The summed E-state index contributed by atoms with van der Waals surface area (Å²) < 4.78 is 16.4. The van der Waals surface area contributed by atoms with E-state index in [4.69, 9.17) is 0 Å². The van der Waals surface area contributed by atoms with Crippen molar-refractivity contribution in [3.63, 3.8) is 0 Å². The molecular formula is C22H20FN7O2S. The summed E-state index contributed by atoms with van der Waals surface area (Å²) in [5.41, 5.74) is -0.121. The van der Waals surface area contributed by atoms with E-state index in [1.165, 1.54) is 34.4 Å². The Morgan fingerprint density at radius 1 is 1.18 bits per heavy atom. The predicted molar refractivity (Wildman–Crippen MR) is 121 cm³/mol. The fourth-order valence-electron chi connectivity index (χ4n) is 3.75. The van der Waals surface area contributed by atoms with Crippen LogP contribution in [0.2, 0.25) is 0 Å². The number of thiazole rings is 1. The summed E-state index contributed by atoms with van der Waals surface area (Å²) in [6.07, 6.45) is 3.66. The van der Waals surface area contributed by atoms with E-state index in [0.29, 0.717) is 40.3 Å². The Morgan fingerprint density at radius 2 is 2.03 bits per heavy atom. The van der Waals surface area contributed by atoms with Crippen molar-refractivity contribution < 1.29 is 14.3 Å². The normalized spacial score (nSPS) is 18.2. The number of aromatic nitrogens is 5. The summed E-state index contributed by atoms with van der Waals surface area (Å²) in [5.74, 6) is 0.0896. The zero-order valence-electron chi connectivity index (χ0n) is 17.9. The third kappa shape index (κ3) is 3.85. The molecule has 4 heterocycles. The van der Waals surface area contributed by atoms with Gasteiger partial charge in [-0.25, -0.2) is 19.3 Å². The van der Waals surface area contributed by atoms with Crippen molar-refractivity contribution in [1.82, 2.24) is 29.6 Å². The van der Waals surface area contributed by atoms with Crippen molar-refractivity contribution in [2.75, 3.05) is 18.9 Å². The number of carbonyl (C=O) groups excluding carboxylic acids is 1. The molecule has 2 N–H and O–H groups in total. The minimum absolute atomic E-state index is 0.215. The Hall–Kier alpha value is -3.70. The Labute approximate surface area is 192 Å². The first-order valence-electron chi connectivity index (χ1n) is 10.2. The van der Waals surface area contributed by atoms with Crippen LogP contribution in [0.4, 0.5) is 16.2 Å². The molecule has 0 bridgehead atoms. The fourth-order valence-corrected chi connectivity index (χ4v) is 4.54. The van der Waals surface area contributed by atoms with Gasteiger partial charge >= 0.3 is 0 Å². The van der Waals surface area contributed by atoms with E-state index in [0.717, 1.165) is 0 Å². The van der Waals surface area contributed by atoms with Crippen LogP contribution >= 0.6 is 11.3 Å². The molecule has 1 atom stereocenters. The topological polar surface area (TPSA) is 109 Å². The molecule has 1 aliphatic heterocycles. The van der Waals surface area contributed by atoms with Gasteiger partial charge in [0.2, 0.25) is 5.95 Å². The average molecular weight is 466 g/mol. The number of likely N-dealkylation sites (tertiary alicyclic amines) is 1. The van der Waals surface area contributed by atoms with Gasteiger partial charge < -0.3 is 15.3 Å². The highest BCUT2D eigenvalue weighted by Gasteiger charge is 2.45. The number of likely N-dealkylation sites (N-methyl/N-ethyl adjacent to an activating group) is 1. The van der Waals surface area contributed by atoms with Gasteiger partial charge in [0.25, 0.3) is 5.91 Å². The molecule has 1 aliphatic rings. The van der Waals surface area contributed by atoms with Crippen molar-refractivity contribution in [2.45, 2.75) is 12.0 Å². The first-order chi connectivity index (χ1) is 15.8. The second-order valence-electron chi connectivity index (χ2n) is 7.83. The van der Waals surface area contributed by atoms with Gasteiger partial charge in [-0.15, -0.1) is 11.3 Å². The van der Waals surface area contributed by atoms with Gasteiger partial charge in [-0.3, -0.25) is 9.48 Å². The number of hydrogen-bond acceptors (Lipinski definition) is 8. The smallest absolute Gasteiger partial charge is 0.258 e. The van der Waals surface area contributed by atoms with E-state index < -0.39 is 17.3 Å². The summed E-state index contributed by atoms with van der Waals surface area (Å²) in [6, 6.07) is 7.72. The molecule has 168 valence electrons. The van der Waals surface area contributed by atoms with Gasteiger partial charge in [-0.05, 0) is 23.8 Å². The van der Waals surface area contributed by atoms with E-state index in [-0.39, 0.29) is 12.0 Å². The predicted octanol–water partition coefficient (Wildman–Crippen LogP) is 2.93. The summed E-state index contributed by atoms with van der Waals surface area (Å²) in [4.78, 5) is 27.2. The molecular weight excluding hydrogens is 445 g/mol. The van der Waals surface area contributed by atoms with Crippen molar-refractivity contribution in [2.24, 2.45) is 7.05 Å². The molecule has 9 nitrogen and oxygen atoms in total. The van der Waals surface area contributed by atoms with E-state index in [2.05, 4.69) is 25.4 Å². The lowest BCUT2D eigenvalue weighted by Gasteiger charge is -2.21. The van der Waals surface area contributed by atoms with Crippen LogP contribution in [0.1, 0.15) is 12.0 Å². The van der Waals surface area contributed by atoms with Gasteiger partial charge in [0, 0.05) is 56.5 Å². The van der Waals surface area contributed by atoms with E-state index >= 15 is 0 Å². The van der Waals surface area contributed by atoms with Crippen molar-refractivity contribution in [3.8, 4) is 22.0 Å². The molecule has 11 heteroatoms. The standard InChI is InChI=1S/C22H20FN7O2S/c1-29-10-7-22(32,20(29)31)13-3-4-15(23)14(11-13)17-12-33-19(25-17)16-5-8-24-21(26-16)27-18-6-9-30(2)28-18/h3-6,8-9,11-12,32H,7,10H2,1-2H3,(H,24,26,27,28)/t22-/m0/s1. The number of aryl methyl sites for hydroxylation is 1. The van der Waals surface area contributed by atoms with Crippen molar-refractivity contribution in [1.29, 1.82) is 0 Å². The van der Waals surface area contributed by atoms with Crippen LogP contribution in [-0.2, 0) is 17.4 Å². The zero-order valence-corrected chi connectivity index (χ0v) is 18.7. The first-order valence-corrected chi connectivity index (χ1v) is 11.1. The second-order valence-corrected chi connectivity index (χ2v) is 8.69. The zero-order chi connectivity index (χ0) is 23.2. The number of anilines is 2. The molecule has 1 fully saturated rings. The lowest BCUT2D eigenvalue weighted by Crippen LogP contribution is -2.36. The Bertz CT molecular complexity index is 1350. The van der Waals surface area contributed by atoms with Gasteiger partial charge in [-0.1, -0.05) is 6.07 Å². The Balaban J connectivity index is 1.45. The quantitative estimate of drug-likeness (QED) is 0.466. The van der Waals surface area contributed by atoms with Crippen LogP contribution in [0.3, 0.4) is 0 Å². The monoisotopic (exact) mass is 465 g/mol. The van der Waals surface area contributed by atoms with Crippen LogP contribution in [-0.4, -0.2) is 54.2 Å². The van der Waals surface area contributed by atoms with Crippen molar-refractivity contribution >= 4 is 29.0 Å². The number of hydrogen-bond donors (Lipinski definition) is 2. The second kappa shape index (κ2) is 8.01. The van der Waals surface area contributed by atoms with Gasteiger partial charge in [0.1, 0.15) is 16.5 Å². The Kier molecular flexibility index (Phi) is 5.14. The first kappa shape index (κ1) is 21.2. The highest BCUT2D eigenvalue weighted by molar-refractivity contribution is 7.13. The number of nitrogens with one attached hydrogen (secondary N) is 1. The summed E-state index contributed by atoms with van der Waals surface area (Å²) >= 11 is 1.31. The largest absolute Gasteiger partial charge is 0.375 e. The van der Waals surface area contributed by atoms with Gasteiger partial charge in [0.15, 0.2) is 11.4 Å². The van der Waals surface area contributed by atoms with Crippen LogP contribution in [0.25, 0.3) is 22.0 Å². The number of aliphatic hydroxyl groups is 1. The molecule has 5 rings (SSSR count). The molecule has 1 amide bonds. The Morgan fingerprint density at radius 3 is 2.76 bits per heavy atom. The average Bonchev–Trinajstić information content (AvgIpc) is 3.52. The molecule has 33 heavy (non-hydrogen) atoms. The number of carbonyl (C=O) groups is 1. The third-order valence-electron chi connectivity index (χ3n) is 5.56. The maximum Gasteiger partial charge on any atom is 0.258 e. The fraction of sp³-hybridized carbons (Fsp3) is 0.227. The highest BCUT2D eigenvalue weighted by Crippen LogP contribution is 2.36. The number of rotatable bonds is 5. The molecule has 4 aromatic rings. The number of halogens is 1. The van der Waals surface area contributed by atoms with Gasteiger partial charge in [0.05, 0.1) is 5.69 Å². The molecule has 0 unspecified atom stereocenters. The number of amides is 1. The van der Waals surface area contributed by atoms with Crippen LogP contribution < -0.4 is 5.32 Å². The maximum absolute atomic E-state index is 14.7. The molecule has 0 aliphatic carbocycles. The minimum atomic E-state index is -1.66. The van der Waals surface area contributed by atoms with E-state index in [1.807, 2.05) is 7.05 Å². The summed E-state index contributed by atoms with van der Waals surface area (Å²) in [7, 11) is 3.45. The number of nitrogens with zero attached hydrogens (tertiary/aromatic N) is 6. The maximum atomic E-state index is 14.7. The van der Waals surface area contributed by atoms with Crippen LogP contribution in [0, 0.1) is 5.82 Å². The highest BCUT2D eigenvalue weighted by atomic mass is 32.1. The number of benzene rings is 1. The molecule has 0 saturated carbocycles. The summed E-state index contributed by atoms with van der Waals surface area (Å²) in [5, 5.41) is 20.5. The van der Waals surface area contributed by atoms with Crippen LogP contribution in [0.5, 0.6) is 0 Å². The third-order valence-corrected chi connectivity index (χ3v) is 6.43. The van der Waals surface area contributed by atoms with Crippen LogP contribution in [0.15, 0.2) is 48.1 Å². The molecule has 0 spiro atoms. The molecule has 1 saturated heterocycles. The molecule has 1 aromatic carbocycles. The minimum Gasteiger partial charge on any atom is -0.375 e. The molecule has 0 radical (unpaired) electrons.